The third-order valence-corrected chi connectivity index (χ3v) is 3.72. The molecule has 0 aromatic carbocycles. The van der Waals surface area contributed by atoms with Crippen molar-refractivity contribution in [1.29, 1.82) is 0 Å². The lowest BCUT2D eigenvalue weighted by Crippen LogP contribution is -2.54. The molecule has 2 aliphatic heterocycles. The van der Waals surface area contributed by atoms with Gasteiger partial charge in [-0.05, 0) is 33.0 Å². The zero-order chi connectivity index (χ0) is 12.5. The van der Waals surface area contributed by atoms with Crippen molar-refractivity contribution in [2.75, 3.05) is 39.8 Å². The Hall–Kier alpha value is -0.330. The van der Waals surface area contributed by atoms with Crippen LogP contribution in [0.4, 0.5) is 13.2 Å². The summed E-state index contributed by atoms with van der Waals surface area (Å²) >= 11 is 0. The SMILES string of the molecule is CN1CCC(N2CCCNCC2C(F)(F)F)C1. The van der Waals surface area contributed by atoms with E-state index in [4.69, 9.17) is 0 Å². The lowest BCUT2D eigenvalue weighted by atomic mass is 10.1. The smallest absolute Gasteiger partial charge is 0.315 e. The van der Waals surface area contributed by atoms with Crippen molar-refractivity contribution in [2.45, 2.75) is 31.1 Å². The fourth-order valence-corrected chi connectivity index (χ4v) is 2.82. The number of halogens is 3. The molecule has 2 aliphatic rings. The molecule has 100 valence electrons. The van der Waals surface area contributed by atoms with Crippen LogP contribution in [0, 0.1) is 0 Å². The maximum atomic E-state index is 13.0. The molecule has 2 unspecified atom stereocenters. The number of alkyl halides is 3. The number of rotatable bonds is 1. The van der Waals surface area contributed by atoms with E-state index in [9.17, 15) is 13.2 Å². The number of hydrogen-bond donors (Lipinski definition) is 1. The second kappa shape index (κ2) is 5.12. The van der Waals surface area contributed by atoms with Crippen LogP contribution in [0.3, 0.4) is 0 Å². The first kappa shape index (κ1) is 13.1. The van der Waals surface area contributed by atoms with Crippen molar-refractivity contribution in [3.05, 3.63) is 0 Å². The topological polar surface area (TPSA) is 18.5 Å². The third-order valence-electron chi connectivity index (χ3n) is 3.72. The first-order valence-electron chi connectivity index (χ1n) is 6.20. The molecule has 2 atom stereocenters. The highest BCUT2D eigenvalue weighted by Crippen LogP contribution is 2.29. The second-order valence-corrected chi connectivity index (χ2v) is 5.06. The molecule has 6 heteroatoms. The highest BCUT2D eigenvalue weighted by Gasteiger charge is 2.46. The van der Waals surface area contributed by atoms with E-state index in [-0.39, 0.29) is 12.6 Å². The maximum Gasteiger partial charge on any atom is 0.405 e. The van der Waals surface area contributed by atoms with Crippen LogP contribution < -0.4 is 5.32 Å². The average molecular weight is 251 g/mol. The monoisotopic (exact) mass is 251 g/mol. The summed E-state index contributed by atoms with van der Waals surface area (Å²) in [5, 5.41) is 2.89. The van der Waals surface area contributed by atoms with Crippen LogP contribution in [0.15, 0.2) is 0 Å². The van der Waals surface area contributed by atoms with Crippen LogP contribution in [0.2, 0.25) is 0 Å². The van der Waals surface area contributed by atoms with Gasteiger partial charge in [0.1, 0.15) is 6.04 Å². The highest BCUT2D eigenvalue weighted by molar-refractivity contribution is 4.91. The number of nitrogens with zero attached hydrogens (tertiary/aromatic N) is 2. The Morgan fingerprint density at radius 1 is 1.24 bits per heavy atom. The van der Waals surface area contributed by atoms with Gasteiger partial charge in [0.2, 0.25) is 0 Å². The Bertz CT molecular complexity index is 257. The maximum absolute atomic E-state index is 13.0. The third kappa shape index (κ3) is 3.11. The van der Waals surface area contributed by atoms with E-state index in [0.717, 1.165) is 25.9 Å². The summed E-state index contributed by atoms with van der Waals surface area (Å²) in [6, 6.07) is -1.26. The van der Waals surface area contributed by atoms with Crippen LogP contribution >= 0.6 is 0 Å². The number of likely N-dealkylation sites (tertiary alicyclic amines) is 1. The first-order valence-corrected chi connectivity index (χ1v) is 6.20. The van der Waals surface area contributed by atoms with Crippen molar-refractivity contribution in [2.24, 2.45) is 0 Å². The quantitative estimate of drug-likeness (QED) is 0.747. The van der Waals surface area contributed by atoms with E-state index in [1.165, 1.54) is 0 Å². The summed E-state index contributed by atoms with van der Waals surface area (Å²) in [5.41, 5.74) is 0. The molecule has 0 amide bonds. The van der Waals surface area contributed by atoms with E-state index < -0.39 is 12.2 Å². The van der Waals surface area contributed by atoms with Gasteiger partial charge < -0.3 is 10.2 Å². The van der Waals surface area contributed by atoms with E-state index in [0.29, 0.717) is 13.1 Å². The summed E-state index contributed by atoms with van der Waals surface area (Å²) in [7, 11) is 1.97. The molecule has 0 aliphatic carbocycles. The number of hydrogen-bond acceptors (Lipinski definition) is 3. The molecule has 1 N–H and O–H groups in total. The highest BCUT2D eigenvalue weighted by atomic mass is 19.4. The van der Waals surface area contributed by atoms with Crippen LogP contribution in [-0.4, -0.2) is 67.8 Å². The average Bonchev–Trinajstić information content (AvgIpc) is 2.52. The fraction of sp³-hybridized carbons (Fsp3) is 1.00. The minimum absolute atomic E-state index is 0.0315. The molecule has 3 nitrogen and oxygen atoms in total. The van der Waals surface area contributed by atoms with Gasteiger partial charge in [-0.1, -0.05) is 0 Å². The minimum atomic E-state index is -4.13. The van der Waals surface area contributed by atoms with Crippen molar-refractivity contribution in [3.8, 4) is 0 Å². The van der Waals surface area contributed by atoms with Crippen molar-refractivity contribution in [1.82, 2.24) is 15.1 Å². The van der Waals surface area contributed by atoms with Gasteiger partial charge in [-0.3, -0.25) is 4.90 Å². The van der Waals surface area contributed by atoms with E-state index in [2.05, 4.69) is 10.2 Å². The Morgan fingerprint density at radius 3 is 2.59 bits per heavy atom. The molecular formula is C11H20F3N3. The molecule has 2 rings (SSSR count). The summed E-state index contributed by atoms with van der Waals surface area (Å²) < 4.78 is 39.1. The molecular weight excluding hydrogens is 231 g/mol. The van der Waals surface area contributed by atoms with Crippen LogP contribution in [0.1, 0.15) is 12.8 Å². The summed E-state index contributed by atoms with van der Waals surface area (Å²) in [4.78, 5) is 3.78. The van der Waals surface area contributed by atoms with Gasteiger partial charge in [0.15, 0.2) is 0 Å². The van der Waals surface area contributed by atoms with Gasteiger partial charge >= 0.3 is 6.18 Å². The number of likely N-dealkylation sites (N-methyl/N-ethyl adjacent to an activating group) is 1. The molecule has 17 heavy (non-hydrogen) atoms. The molecule has 0 saturated carbocycles. The fourth-order valence-electron chi connectivity index (χ4n) is 2.82. The minimum Gasteiger partial charge on any atom is -0.315 e. The predicted octanol–water partition coefficient (Wildman–Crippen LogP) is 0.917. The summed E-state index contributed by atoms with van der Waals surface area (Å²) in [5.74, 6) is 0. The van der Waals surface area contributed by atoms with Gasteiger partial charge in [-0.25, -0.2) is 0 Å². The van der Waals surface area contributed by atoms with Crippen molar-refractivity contribution < 1.29 is 13.2 Å². The molecule has 2 heterocycles. The molecule has 0 radical (unpaired) electrons. The second-order valence-electron chi connectivity index (χ2n) is 5.06. The Labute approximate surface area is 99.9 Å². The largest absolute Gasteiger partial charge is 0.405 e. The van der Waals surface area contributed by atoms with Gasteiger partial charge in [0, 0.05) is 25.7 Å². The van der Waals surface area contributed by atoms with Gasteiger partial charge in [-0.2, -0.15) is 13.2 Å². The zero-order valence-electron chi connectivity index (χ0n) is 10.1. The van der Waals surface area contributed by atoms with Gasteiger partial charge in [0.25, 0.3) is 0 Å². The lowest BCUT2D eigenvalue weighted by molar-refractivity contribution is -0.186. The Kier molecular flexibility index (Phi) is 3.95. The Morgan fingerprint density at radius 2 is 2.00 bits per heavy atom. The zero-order valence-corrected chi connectivity index (χ0v) is 10.1. The Balaban J connectivity index is 2.09. The molecule has 2 saturated heterocycles. The normalized spacial score (nSPS) is 33.9. The number of nitrogens with one attached hydrogen (secondary N) is 1. The molecule has 0 spiro atoms. The van der Waals surface area contributed by atoms with Crippen molar-refractivity contribution >= 4 is 0 Å². The van der Waals surface area contributed by atoms with E-state index >= 15 is 0 Å². The molecule has 0 bridgehead atoms. The van der Waals surface area contributed by atoms with Crippen LogP contribution in [-0.2, 0) is 0 Å². The first-order chi connectivity index (χ1) is 7.98. The van der Waals surface area contributed by atoms with Crippen molar-refractivity contribution in [3.63, 3.8) is 0 Å². The molecule has 0 aromatic heterocycles. The van der Waals surface area contributed by atoms with E-state index in [1.54, 1.807) is 4.90 Å². The summed E-state index contributed by atoms with van der Waals surface area (Å²) in [6.45, 7) is 2.93. The van der Waals surface area contributed by atoms with Crippen LogP contribution in [0.5, 0.6) is 0 Å². The molecule has 0 aromatic rings. The van der Waals surface area contributed by atoms with Crippen LogP contribution in [0.25, 0.3) is 0 Å². The summed E-state index contributed by atoms with van der Waals surface area (Å²) in [6.07, 6.45) is -2.48. The standard InChI is InChI=1S/C11H20F3N3/c1-16-6-3-9(8-16)17-5-2-4-15-7-10(17)11(12,13)14/h9-10,15H,2-8H2,1H3. The van der Waals surface area contributed by atoms with E-state index in [1.807, 2.05) is 7.05 Å². The van der Waals surface area contributed by atoms with Gasteiger partial charge in [0.05, 0.1) is 0 Å². The lowest BCUT2D eigenvalue weighted by Gasteiger charge is -2.35. The van der Waals surface area contributed by atoms with Gasteiger partial charge in [-0.15, -0.1) is 0 Å². The predicted molar refractivity (Wildman–Crippen MR) is 59.9 cm³/mol. The molecule has 2 fully saturated rings.